The highest BCUT2D eigenvalue weighted by molar-refractivity contribution is 7.56. The Labute approximate surface area is 190 Å². The van der Waals surface area contributed by atoms with Crippen LogP contribution in [0, 0.1) is 13.8 Å². The van der Waals surface area contributed by atoms with Crippen molar-refractivity contribution in [2.45, 2.75) is 60.0 Å². The first-order chi connectivity index (χ1) is 14.7. The van der Waals surface area contributed by atoms with Crippen molar-refractivity contribution in [1.82, 2.24) is 4.90 Å². The van der Waals surface area contributed by atoms with Crippen LogP contribution in [0.25, 0.3) is 0 Å². The van der Waals surface area contributed by atoms with Gasteiger partial charge in [-0.2, -0.15) is 0 Å². The molecule has 3 heteroatoms. The Kier molecular flexibility index (Phi) is 7.57. The molecule has 3 rings (SSSR count). The highest BCUT2D eigenvalue weighted by Crippen LogP contribution is 2.31. The Balaban J connectivity index is 1.92. The molecule has 2 nitrogen and oxygen atoms in total. The number of aryl methyl sites for hydroxylation is 2. The maximum absolute atomic E-state index is 10.9. The molecule has 0 saturated heterocycles. The van der Waals surface area contributed by atoms with Gasteiger partial charge in [-0.3, -0.25) is 4.90 Å². The average molecular weight is 434 g/mol. The van der Waals surface area contributed by atoms with Crippen LogP contribution in [-0.4, -0.2) is 16.6 Å². The Morgan fingerprint density at radius 3 is 2.23 bits per heavy atom. The summed E-state index contributed by atoms with van der Waals surface area (Å²) < 4.78 is 0. The number of hydrogen-bond donors (Lipinski definition) is 1. The Hall–Kier alpha value is -2.15. The molecule has 0 amide bonds. The molecule has 0 aromatic heterocycles. The number of phenolic OH excluding ortho intramolecular Hbond substituents is 1. The average Bonchev–Trinajstić information content (AvgIpc) is 2.72. The van der Waals surface area contributed by atoms with Crippen LogP contribution in [0.4, 0.5) is 0 Å². The van der Waals surface area contributed by atoms with Gasteiger partial charge in [-0.15, -0.1) is 0 Å². The van der Waals surface area contributed by atoms with Crippen molar-refractivity contribution in [3.05, 3.63) is 88.5 Å². The summed E-state index contributed by atoms with van der Waals surface area (Å²) in [5.74, 6) is 0.442. The summed E-state index contributed by atoms with van der Waals surface area (Å²) in [6.45, 7) is 16.0. The fraction of sp³-hybridized carbons (Fsp3) is 0.357. The number of benzene rings is 3. The van der Waals surface area contributed by atoms with Crippen LogP contribution in [0.1, 0.15) is 55.5 Å². The standard InChI is InChI=1S/C28H36NOP/c1-7-29(18-22-13-9-8-10-14-22)19-23-15-11-12-20(2)27(23)31-25-17-24(28(4,5)6)16-21(3)26(25)30/h8-17,30-31H,7,18-19H2,1-6H3. The zero-order valence-corrected chi connectivity index (χ0v) is 20.8. The highest BCUT2D eigenvalue weighted by Gasteiger charge is 2.19. The molecule has 0 aliphatic heterocycles. The van der Waals surface area contributed by atoms with Gasteiger partial charge >= 0.3 is 0 Å². The second-order valence-electron chi connectivity index (χ2n) is 9.46. The van der Waals surface area contributed by atoms with Crippen molar-refractivity contribution in [2.75, 3.05) is 6.54 Å². The number of aromatic hydroxyl groups is 1. The summed E-state index contributed by atoms with van der Waals surface area (Å²) in [6, 6.07) is 21.6. The largest absolute Gasteiger partial charge is 0.507 e. The minimum atomic E-state index is 0.0565. The van der Waals surface area contributed by atoms with Gasteiger partial charge in [0.25, 0.3) is 0 Å². The van der Waals surface area contributed by atoms with Crippen molar-refractivity contribution >= 4 is 19.2 Å². The zero-order chi connectivity index (χ0) is 22.6. The molecule has 0 fully saturated rings. The zero-order valence-electron chi connectivity index (χ0n) is 19.8. The van der Waals surface area contributed by atoms with E-state index in [2.05, 4.69) is 100 Å². The lowest BCUT2D eigenvalue weighted by atomic mass is 9.86. The van der Waals surface area contributed by atoms with Crippen molar-refractivity contribution in [3.63, 3.8) is 0 Å². The fourth-order valence-electron chi connectivity index (χ4n) is 3.84. The molecule has 1 atom stereocenters. The van der Waals surface area contributed by atoms with E-state index >= 15 is 0 Å². The Morgan fingerprint density at radius 2 is 1.58 bits per heavy atom. The van der Waals surface area contributed by atoms with Gasteiger partial charge in [-0.25, -0.2) is 0 Å². The molecule has 0 saturated carbocycles. The van der Waals surface area contributed by atoms with Crippen LogP contribution in [-0.2, 0) is 18.5 Å². The predicted octanol–water partition coefficient (Wildman–Crippen LogP) is 5.96. The second kappa shape index (κ2) is 9.98. The Bertz CT molecular complexity index is 1020. The van der Waals surface area contributed by atoms with E-state index in [1.54, 1.807) is 0 Å². The van der Waals surface area contributed by atoms with Gasteiger partial charge in [-0.05, 0) is 65.0 Å². The summed E-state index contributed by atoms with van der Waals surface area (Å²) in [5.41, 5.74) is 6.29. The quantitative estimate of drug-likeness (QED) is 0.465. The molecular formula is C28H36NOP. The summed E-state index contributed by atoms with van der Waals surface area (Å²) in [6.07, 6.45) is 0. The van der Waals surface area contributed by atoms with Crippen LogP contribution in [0.3, 0.4) is 0 Å². The van der Waals surface area contributed by atoms with Crippen molar-refractivity contribution in [1.29, 1.82) is 0 Å². The molecule has 0 heterocycles. The minimum Gasteiger partial charge on any atom is -0.507 e. The third-order valence-electron chi connectivity index (χ3n) is 5.88. The van der Waals surface area contributed by atoms with Gasteiger partial charge in [-0.1, -0.05) is 90.9 Å². The second-order valence-corrected chi connectivity index (χ2v) is 10.8. The van der Waals surface area contributed by atoms with Crippen LogP contribution in [0.15, 0.2) is 60.7 Å². The van der Waals surface area contributed by atoms with E-state index in [0.717, 1.165) is 30.5 Å². The number of nitrogens with zero attached hydrogens (tertiary/aromatic N) is 1. The summed E-state index contributed by atoms with van der Waals surface area (Å²) in [4.78, 5) is 2.48. The summed E-state index contributed by atoms with van der Waals surface area (Å²) >= 11 is 0. The minimum absolute atomic E-state index is 0.0565. The van der Waals surface area contributed by atoms with E-state index in [0.29, 0.717) is 14.3 Å². The lowest BCUT2D eigenvalue weighted by molar-refractivity contribution is 0.272. The molecule has 0 aliphatic carbocycles. The van der Waals surface area contributed by atoms with Crippen LogP contribution < -0.4 is 10.6 Å². The molecule has 1 N–H and O–H groups in total. The van der Waals surface area contributed by atoms with Gasteiger partial charge < -0.3 is 5.11 Å². The highest BCUT2D eigenvalue weighted by atomic mass is 31.1. The van der Waals surface area contributed by atoms with Crippen LogP contribution >= 0.6 is 8.58 Å². The fourth-order valence-corrected chi connectivity index (χ4v) is 5.26. The number of phenols is 1. The third kappa shape index (κ3) is 5.97. The van der Waals surface area contributed by atoms with Crippen LogP contribution in [0.5, 0.6) is 5.75 Å². The maximum Gasteiger partial charge on any atom is 0.126 e. The molecule has 3 aromatic rings. The molecule has 31 heavy (non-hydrogen) atoms. The molecule has 3 aromatic carbocycles. The normalized spacial score (nSPS) is 12.2. The first kappa shape index (κ1) is 23.5. The third-order valence-corrected chi connectivity index (χ3v) is 7.49. The van der Waals surface area contributed by atoms with Gasteiger partial charge in [0.15, 0.2) is 0 Å². The van der Waals surface area contributed by atoms with Crippen LogP contribution in [0.2, 0.25) is 0 Å². The maximum atomic E-state index is 10.9. The van der Waals surface area contributed by atoms with Gasteiger partial charge in [0, 0.05) is 18.4 Å². The summed E-state index contributed by atoms with van der Waals surface area (Å²) in [5, 5.41) is 13.3. The lowest BCUT2D eigenvalue weighted by Gasteiger charge is -2.24. The van der Waals surface area contributed by atoms with Gasteiger partial charge in [0.1, 0.15) is 5.75 Å². The SMILES string of the molecule is CCN(Cc1ccccc1)Cc1cccc(C)c1Pc1cc(C(C)(C)C)cc(C)c1O. The number of hydrogen-bond acceptors (Lipinski definition) is 2. The summed E-state index contributed by atoms with van der Waals surface area (Å²) in [7, 11) is 0.437. The molecule has 0 spiro atoms. The molecule has 0 bridgehead atoms. The lowest BCUT2D eigenvalue weighted by Crippen LogP contribution is -2.26. The Morgan fingerprint density at radius 1 is 0.871 bits per heavy atom. The van der Waals surface area contributed by atoms with Crippen molar-refractivity contribution in [2.24, 2.45) is 0 Å². The molecular weight excluding hydrogens is 397 g/mol. The molecule has 0 aliphatic rings. The van der Waals surface area contributed by atoms with Crippen molar-refractivity contribution in [3.8, 4) is 5.75 Å². The number of rotatable bonds is 7. The van der Waals surface area contributed by atoms with E-state index in [1.807, 2.05) is 6.92 Å². The van der Waals surface area contributed by atoms with Gasteiger partial charge in [0.2, 0.25) is 0 Å². The van der Waals surface area contributed by atoms with E-state index in [9.17, 15) is 5.11 Å². The van der Waals surface area contributed by atoms with Gasteiger partial charge in [0.05, 0.1) is 0 Å². The topological polar surface area (TPSA) is 23.5 Å². The first-order valence-corrected chi connectivity index (χ1v) is 12.1. The monoisotopic (exact) mass is 433 g/mol. The smallest absolute Gasteiger partial charge is 0.126 e. The van der Waals surface area contributed by atoms with Crippen molar-refractivity contribution < 1.29 is 5.11 Å². The molecule has 1 unspecified atom stereocenters. The molecule has 0 radical (unpaired) electrons. The van der Waals surface area contributed by atoms with E-state index < -0.39 is 0 Å². The first-order valence-electron chi connectivity index (χ1n) is 11.1. The van der Waals surface area contributed by atoms with E-state index in [1.165, 1.54) is 27.6 Å². The molecule has 164 valence electrons. The van der Waals surface area contributed by atoms with E-state index in [4.69, 9.17) is 0 Å². The predicted molar refractivity (Wildman–Crippen MR) is 137 cm³/mol. The van der Waals surface area contributed by atoms with E-state index in [-0.39, 0.29) is 5.41 Å².